The second-order valence-electron chi connectivity index (χ2n) is 6.35. The molecule has 6 nitrogen and oxygen atoms in total. The molecule has 3 fully saturated rings. The molecular weight excluding hydrogens is 258 g/mol. The largest absolute Gasteiger partial charge is 0.361 e. The van der Waals surface area contributed by atoms with Gasteiger partial charge >= 0.3 is 6.03 Å². The fourth-order valence-corrected chi connectivity index (χ4v) is 3.76. The van der Waals surface area contributed by atoms with E-state index in [0.29, 0.717) is 6.54 Å². The predicted octanol–water partition coefficient (Wildman–Crippen LogP) is 2.35. The van der Waals surface area contributed by atoms with E-state index >= 15 is 0 Å². The topological polar surface area (TPSA) is 69.8 Å². The van der Waals surface area contributed by atoms with Crippen molar-refractivity contribution in [2.75, 3.05) is 6.54 Å². The fourth-order valence-electron chi connectivity index (χ4n) is 3.76. The molecule has 0 aromatic carbocycles. The van der Waals surface area contributed by atoms with Crippen molar-refractivity contribution in [2.45, 2.75) is 51.1 Å². The van der Waals surface area contributed by atoms with Gasteiger partial charge in [0.1, 0.15) is 11.5 Å². The van der Waals surface area contributed by atoms with Gasteiger partial charge in [-0.3, -0.25) is 5.21 Å². The van der Waals surface area contributed by atoms with Gasteiger partial charge in [0, 0.05) is 19.0 Å². The molecule has 2 aliphatic heterocycles. The summed E-state index contributed by atoms with van der Waals surface area (Å²) in [5.41, 5.74) is 0.938. The first-order chi connectivity index (χ1) is 9.64. The molecule has 3 heterocycles. The number of nitrogens with zero attached hydrogens (tertiary/aromatic N) is 3. The molecule has 1 aromatic heterocycles. The summed E-state index contributed by atoms with van der Waals surface area (Å²) >= 11 is 0. The number of fused-ring (bicyclic) bond motifs is 3. The lowest BCUT2D eigenvalue weighted by molar-refractivity contribution is -0.0782. The van der Waals surface area contributed by atoms with Crippen LogP contribution in [-0.4, -0.2) is 38.9 Å². The molecule has 3 aliphatic rings. The summed E-state index contributed by atoms with van der Waals surface area (Å²) in [6.45, 7) is 2.70. The summed E-state index contributed by atoms with van der Waals surface area (Å²) in [7, 11) is 0. The molecule has 6 heteroatoms. The van der Waals surface area contributed by atoms with E-state index in [4.69, 9.17) is 4.52 Å². The van der Waals surface area contributed by atoms with Crippen molar-refractivity contribution in [3.8, 4) is 0 Å². The number of hydrogen-bond donors (Lipinski definition) is 1. The van der Waals surface area contributed by atoms with Crippen LogP contribution in [0.1, 0.15) is 50.1 Å². The van der Waals surface area contributed by atoms with Gasteiger partial charge < -0.3 is 9.42 Å². The lowest BCUT2D eigenvalue weighted by Gasteiger charge is -2.35. The highest BCUT2D eigenvalue weighted by molar-refractivity contribution is 5.77. The number of carbonyl (C=O) groups is 1. The molecule has 1 spiro atoms. The highest BCUT2D eigenvalue weighted by atomic mass is 16.5. The van der Waals surface area contributed by atoms with Crippen molar-refractivity contribution in [3.05, 3.63) is 17.5 Å². The molecular formula is C14H19N3O3. The van der Waals surface area contributed by atoms with Gasteiger partial charge in [-0.15, -0.1) is 0 Å². The zero-order chi connectivity index (χ0) is 13.9. The molecule has 2 bridgehead atoms. The van der Waals surface area contributed by atoms with Crippen LogP contribution in [0.2, 0.25) is 0 Å². The lowest BCUT2D eigenvalue weighted by Crippen LogP contribution is -2.41. The number of carbonyl (C=O) groups excluding carboxylic acids is 1. The molecule has 2 amide bonds. The first-order valence-corrected chi connectivity index (χ1v) is 7.39. The molecule has 1 N–H and O–H groups in total. The summed E-state index contributed by atoms with van der Waals surface area (Å²) in [6.07, 6.45) is 4.95. The first-order valence-electron chi connectivity index (χ1n) is 7.39. The third-order valence-electron chi connectivity index (χ3n) is 5.10. The van der Waals surface area contributed by atoms with E-state index in [0.717, 1.165) is 48.6 Å². The molecule has 1 saturated carbocycles. The second kappa shape index (κ2) is 3.97. The van der Waals surface area contributed by atoms with Crippen LogP contribution in [0.25, 0.3) is 0 Å². The molecule has 1 aliphatic carbocycles. The van der Waals surface area contributed by atoms with Gasteiger partial charge in [0.25, 0.3) is 0 Å². The number of hydroxylamine groups is 2. The summed E-state index contributed by atoms with van der Waals surface area (Å²) in [6, 6.07) is 1.60. The minimum absolute atomic E-state index is 0.0340. The van der Waals surface area contributed by atoms with Gasteiger partial charge in [-0.2, -0.15) is 0 Å². The molecule has 2 atom stereocenters. The van der Waals surface area contributed by atoms with E-state index < -0.39 is 0 Å². The van der Waals surface area contributed by atoms with Gasteiger partial charge in [-0.05, 0) is 31.1 Å². The van der Waals surface area contributed by atoms with Crippen LogP contribution < -0.4 is 0 Å². The quantitative estimate of drug-likeness (QED) is 0.861. The maximum atomic E-state index is 12.2. The summed E-state index contributed by atoms with van der Waals surface area (Å²) in [5.74, 6) is 0.877. The Morgan fingerprint density at radius 3 is 3.05 bits per heavy atom. The van der Waals surface area contributed by atoms with Crippen LogP contribution >= 0.6 is 0 Å². The van der Waals surface area contributed by atoms with E-state index in [1.807, 2.05) is 6.07 Å². The molecule has 1 aromatic rings. The second-order valence-corrected chi connectivity index (χ2v) is 6.35. The number of amides is 2. The highest BCUT2D eigenvalue weighted by Gasteiger charge is 2.63. The van der Waals surface area contributed by atoms with Gasteiger partial charge in [0.05, 0.1) is 12.1 Å². The molecule has 0 radical (unpaired) electrons. The lowest BCUT2D eigenvalue weighted by atomic mass is 9.84. The predicted molar refractivity (Wildman–Crippen MR) is 69.0 cm³/mol. The minimum Gasteiger partial charge on any atom is -0.361 e. The Hall–Kier alpha value is -1.56. The highest BCUT2D eigenvalue weighted by Crippen LogP contribution is 2.61. The normalized spacial score (nSPS) is 30.4. The van der Waals surface area contributed by atoms with Gasteiger partial charge in [0.2, 0.25) is 0 Å². The fraction of sp³-hybridized carbons (Fsp3) is 0.714. The van der Waals surface area contributed by atoms with Crippen molar-refractivity contribution in [2.24, 2.45) is 5.41 Å². The van der Waals surface area contributed by atoms with Crippen molar-refractivity contribution in [1.82, 2.24) is 15.1 Å². The Labute approximate surface area is 117 Å². The number of hydrogen-bond acceptors (Lipinski definition) is 4. The van der Waals surface area contributed by atoms with Gasteiger partial charge in [-0.25, -0.2) is 9.86 Å². The zero-order valence-electron chi connectivity index (χ0n) is 11.6. The standard InChI is InChI=1S/C14H19N3O3/c1-2-3-9-6-10(15-20-9)11-7-14(4-5-14)12-8-16(11)13(18)17(12)19/h6,11-12,19H,2-5,7-8H2,1H3/t11-,12+/m0/s1. The van der Waals surface area contributed by atoms with Crippen molar-refractivity contribution in [3.63, 3.8) is 0 Å². The summed E-state index contributed by atoms with van der Waals surface area (Å²) in [4.78, 5) is 13.9. The SMILES string of the molecule is CCCc1cc([C@@H]2CC3(CC3)[C@H]3CN2C(=O)N3O)no1. The average Bonchev–Trinajstić information content (AvgIpc) is 2.95. The third kappa shape index (κ3) is 1.54. The van der Waals surface area contributed by atoms with E-state index in [1.165, 1.54) is 0 Å². The van der Waals surface area contributed by atoms with Gasteiger partial charge in [0.15, 0.2) is 0 Å². The van der Waals surface area contributed by atoms with Crippen LogP contribution in [-0.2, 0) is 6.42 Å². The number of aromatic nitrogens is 1. The monoisotopic (exact) mass is 277 g/mol. The average molecular weight is 277 g/mol. The Bertz CT molecular complexity index is 552. The number of aryl methyl sites for hydroxylation is 1. The Balaban J connectivity index is 1.65. The van der Waals surface area contributed by atoms with E-state index in [9.17, 15) is 10.0 Å². The van der Waals surface area contributed by atoms with Crippen LogP contribution in [0.4, 0.5) is 4.79 Å². The third-order valence-corrected chi connectivity index (χ3v) is 5.10. The van der Waals surface area contributed by atoms with Crippen LogP contribution in [0.5, 0.6) is 0 Å². The van der Waals surface area contributed by atoms with Crippen molar-refractivity contribution < 1.29 is 14.5 Å². The Morgan fingerprint density at radius 2 is 2.35 bits per heavy atom. The van der Waals surface area contributed by atoms with Crippen molar-refractivity contribution in [1.29, 1.82) is 0 Å². The van der Waals surface area contributed by atoms with Crippen LogP contribution in [0.3, 0.4) is 0 Å². The zero-order valence-corrected chi connectivity index (χ0v) is 11.6. The molecule has 0 unspecified atom stereocenters. The smallest absolute Gasteiger partial charge is 0.344 e. The maximum absolute atomic E-state index is 12.2. The summed E-state index contributed by atoms with van der Waals surface area (Å²) in [5, 5.41) is 15.1. The van der Waals surface area contributed by atoms with Gasteiger partial charge in [-0.1, -0.05) is 12.1 Å². The van der Waals surface area contributed by atoms with E-state index in [1.54, 1.807) is 4.90 Å². The molecule has 20 heavy (non-hydrogen) atoms. The number of rotatable bonds is 3. The van der Waals surface area contributed by atoms with E-state index in [2.05, 4.69) is 12.1 Å². The minimum atomic E-state index is -0.288. The summed E-state index contributed by atoms with van der Waals surface area (Å²) < 4.78 is 5.35. The first kappa shape index (κ1) is 12.2. The maximum Gasteiger partial charge on any atom is 0.344 e. The Kier molecular flexibility index (Phi) is 2.42. The number of urea groups is 1. The Morgan fingerprint density at radius 1 is 1.55 bits per heavy atom. The molecule has 2 saturated heterocycles. The van der Waals surface area contributed by atoms with Crippen LogP contribution in [0.15, 0.2) is 10.6 Å². The number of piperidine rings is 1. The van der Waals surface area contributed by atoms with Crippen LogP contribution in [0, 0.1) is 5.41 Å². The van der Waals surface area contributed by atoms with E-state index in [-0.39, 0.29) is 23.5 Å². The molecule has 108 valence electrons. The molecule has 4 rings (SSSR count). The van der Waals surface area contributed by atoms with Crippen molar-refractivity contribution >= 4 is 6.03 Å².